The number of fused-ring (bicyclic) bond motifs is 1. The molecular formula is C21H25ClN4O3S. The molecule has 2 fully saturated rings. The fraction of sp³-hybridized carbons (Fsp3) is 0.524. The molecule has 3 heterocycles. The van der Waals surface area contributed by atoms with E-state index in [4.69, 9.17) is 21.3 Å². The van der Waals surface area contributed by atoms with E-state index in [1.54, 1.807) is 0 Å². The second-order valence-electron chi connectivity index (χ2n) is 8.34. The van der Waals surface area contributed by atoms with Crippen LogP contribution in [0, 0.1) is 0 Å². The van der Waals surface area contributed by atoms with Crippen molar-refractivity contribution in [3.8, 4) is 5.88 Å². The molecule has 1 aliphatic carbocycles. The maximum absolute atomic E-state index is 12.5. The first kappa shape index (κ1) is 20.0. The Morgan fingerprint density at radius 2 is 1.97 bits per heavy atom. The quantitative estimate of drug-likeness (QED) is 0.725. The SMILES string of the molecule is O=[S@]1COc2nc(N3CCC(c4ccc(Cl)cc4)CC3)nc(NC3(CO)CCC3)c21. The summed E-state index contributed by atoms with van der Waals surface area (Å²) in [5.74, 6) is 2.12. The molecule has 0 unspecified atom stereocenters. The number of hydrogen-bond donors (Lipinski definition) is 2. The Labute approximate surface area is 183 Å². The fourth-order valence-electron chi connectivity index (χ4n) is 4.44. The van der Waals surface area contributed by atoms with Crippen LogP contribution in [-0.2, 0) is 10.8 Å². The lowest BCUT2D eigenvalue weighted by Crippen LogP contribution is -2.48. The number of anilines is 2. The molecule has 0 spiro atoms. The second-order valence-corrected chi connectivity index (χ2v) is 10.1. The van der Waals surface area contributed by atoms with Gasteiger partial charge in [0, 0.05) is 18.1 Å². The minimum absolute atomic E-state index is 0.0289. The highest BCUT2D eigenvalue weighted by Crippen LogP contribution is 2.40. The number of benzene rings is 1. The standard InChI is InChI=1S/C21H25ClN4O3S/c22-16-4-2-14(3-5-16)15-6-10-26(11-7-15)20-23-18(25-21(12-27)8-1-9-21)17-19(24-20)29-13-30(17)28/h2-5,15,27H,1,6-13H2,(H,23,24,25)/t30-/m0/s1. The van der Waals surface area contributed by atoms with Gasteiger partial charge in [-0.25, -0.2) is 0 Å². The maximum Gasteiger partial charge on any atom is 0.238 e. The van der Waals surface area contributed by atoms with E-state index in [1.165, 1.54) is 5.56 Å². The van der Waals surface area contributed by atoms with E-state index in [-0.39, 0.29) is 18.1 Å². The molecule has 7 nitrogen and oxygen atoms in total. The van der Waals surface area contributed by atoms with Crippen LogP contribution in [0.2, 0.25) is 5.02 Å². The molecule has 1 aromatic carbocycles. The highest BCUT2D eigenvalue weighted by molar-refractivity contribution is 7.85. The van der Waals surface area contributed by atoms with Crippen molar-refractivity contribution in [1.29, 1.82) is 0 Å². The number of ether oxygens (including phenoxy) is 1. The van der Waals surface area contributed by atoms with Gasteiger partial charge in [0.25, 0.3) is 0 Å². The number of halogens is 1. The zero-order valence-electron chi connectivity index (χ0n) is 16.6. The van der Waals surface area contributed by atoms with Crippen molar-refractivity contribution in [2.75, 3.05) is 35.9 Å². The maximum atomic E-state index is 12.5. The van der Waals surface area contributed by atoms with Crippen LogP contribution in [-0.4, -0.2) is 50.5 Å². The van der Waals surface area contributed by atoms with Crippen molar-refractivity contribution >= 4 is 34.2 Å². The number of nitrogens with zero attached hydrogens (tertiary/aromatic N) is 3. The predicted molar refractivity (Wildman–Crippen MR) is 117 cm³/mol. The van der Waals surface area contributed by atoms with E-state index in [0.29, 0.717) is 28.5 Å². The number of aliphatic hydroxyl groups is 1. The summed E-state index contributed by atoms with van der Waals surface area (Å²) in [7, 11) is -1.29. The second kappa shape index (κ2) is 7.98. The Hall–Kier alpha value is -1.90. The summed E-state index contributed by atoms with van der Waals surface area (Å²) < 4.78 is 18.1. The minimum Gasteiger partial charge on any atom is -0.463 e. The van der Waals surface area contributed by atoms with Crippen LogP contribution in [0.5, 0.6) is 5.88 Å². The molecular weight excluding hydrogens is 424 g/mol. The van der Waals surface area contributed by atoms with Gasteiger partial charge < -0.3 is 20.1 Å². The van der Waals surface area contributed by atoms with Gasteiger partial charge in [0.1, 0.15) is 15.7 Å². The molecule has 0 amide bonds. The summed E-state index contributed by atoms with van der Waals surface area (Å²) in [5, 5.41) is 14.0. The monoisotopic (exact) mass is 448 g/mol. The fourth-order valence-corrected chi connectivity index (χ4v) is 5.52. The number of aromatic nitrogens is 2. The third-order valence-corrected chi connectivity index (χ3v) is 7.88. The molecule has 0 bridgehead atoms. The van der Waals surface area contributed by atoms with E-state index in [1.807, 2.05) is 12.1 Å². The highest BCUT2D eigenvalue weighted by atomic mass is 35.5. The Morgan fingerprint density at radius 1 is 1.23 bits per heavy atom. The van der Waals surface area contributed by atoms with Crippen molar-refractivity contribution in [3.63, 3.8) is 0 Å². The molecule has 9 heteroatoms. The first-order valence-corrected chi connectivity index (χ1v) is 12.1. The van der Waals surface area contributed by atoms with Gasteiger partial charge in [-0.2, -0.15) is 9.97 Å². The number of nitrogens with one attached hydrogen (secondary N) is 1. The Morgan fingerprint density at radius 3 is 2.60 bits per heavy atom. The average Bonchev–Trinajstić information content (AvgIpc) is 3.12. The Bertz CT molecular complexity index is 954. The topological polar surface area (TPSA) is 87.6 Å². The van der Waals surface area contributed by atoms with Gasteiger partial charge in [-0.1, -0.05) is 23.7 Å². The van der Waals surface area contributed by atoms with Gasteiger partial charge in [0.05, 0.1) is 12.1 Å². The molecule has 1 atom stereocenters. The lowest BCUT2D eigenvalue weighted by Gasteiger charge is -2.41. The Balaban J connectivity index is 1.37. The largest absolute Gasteiger partial charge is 0.463 e. The molecule has 2 aromatic rings. The van der Waals surface area contributed by atoms with Crippen LogP contribution in [0.15, 0.2) is 29.2 Å². The molecule has 2 aliphatic heterocycles. The molecule has 1 saturated carbocycles. The van der Waals surface area contributed by atoms with Crippen LogP contribution >= 0.6 is 11.6 Å². The molecule has 1 aromatic heterocycles. The summed E-state index contributed by atoms with van der Waals surface area (Å²) >= 11 is 6.02. The molecule has 160 valence electrons. The van der Waals surface area contributed by atoms with Gasteiger partial charge in [0.2, 0.25) is 11.8 Å². The lowest BCUT2D eigenvalue weighted by atomic mass is 9.77. The van der Waals surface area contributed by atoms with Crippen molar-refractivity contribution < 1.29 is 14.1 Å². The molecule has 0 radical (unpaired) electrons. The molecule has 5 rings (SSSR count). The summed E-state index contributed by atoms with van der Waals surface area (Å²) in [6.07, 6.45) is 4.80. The number of piperidine rings is 1. The van der Waals surface area contributed by atoms with E-state index in [9.17, 15) is 9.32 Å². The van der Waals surface area contributed by atoms with Gasteiger partial charge in [-0.05, 0) is 55.7 Å². The number of hydrogen-bond acceptors (Lipinski definition) is 7. The van der Waals surface area contributed by atoms with Crippen molar-refractivity contribution in [3.05, 3.63) is 34.9 Å². The zero-order chi connectivity index (χ0) is 20.7. The first-order chi connectivity index (χ1) is 14.6. The van der Waals surface area contributed by atoms with Crippen LogP contribution in [0.4, 0.5) is 11.8 Å². The average molecular weight is 449 g/mol. The number of rotatable bonds is 5. The minimum atomic E-state index is -1.29. The van der Waals surface area contributed by atoms with Crippen LogP contribution in [0.25, 0.3) is 0 Å². The van der Waals surface area contributed by atoms with Gasteiger partial charge in [-0.15, -0.1) is 0 Å². The van der Waals surface area contributed by atoms with E-state index in [2.05, 4.69) is 27.3 Å². The van der Waals surface area contributed by atoms with Gasteiger partial charge in [0.15, 0.2) is 11.8 Å². The molecule has 2 N–H and O–H groups in total. The van der Waals surface area contributed by atoms with Crippen LogP contribution in [0.3, 0.4) is 0 Å². The van der Waals surface area contributed by atoms with E-state index < -0.39 is 10.8 Å². The normalized spacial score (nSPS) is 22.9. The van der Waals surface area contributed by atoms with Crippen molar-refractivity contribution in [2.24, 2.45) is 0 Å². The summed E-state index contributed by atoms with van der Waals surface area (Å²) in [5.41, 5.74) is 0.929. The first-order valence-electron chi connectivity index (χ1n) is 10.4. The molecule has 1 saturated heterocycles. The van der Waals surface area contributed by atoms with Crippen molar-refractivity contribution in [2.45, 2.75) is 48.5 Å². The summed E-state index contributed by atoms with van der Waals surface area (Å²) in [6, 6.07) is 8.10. The number of aliphatic hydroxyl groups excluding tert-OH is 1. The lowest BCUT2D eigenvalue weighted by molar-refractivity contribution is 0.143. The third kappa shape index (κ3) is 3.65. The molecule has 3 aliphatic rings. The third-order valence-electron chi connectivity index (χ3n) is 6.47. The van der Waals surface area contributed by atoms with Crippen LogP contribution in [0.1, 0.15) is 43.6 Å². The summed E-state index contributed by atoms with van der Waals surface area (Å²) in [4.78, 5) is 12.0. The zero-order valence-corrected chi connectivity index (χ0v) is 18.2. The van der Waals surface area contributed by atoms with E-state index >= 15 is 0 Å². The predicted octanol–water partition coefficient (Wildman–Crippen LogP) is 3.30. The summed E-state index contributed by atoms with van der Waals surface area (Å²) in [6.45, 7) is 1.70. The van der Waals surface area contributed by atoms with Gasteiger partial charge >= 0.3 is 0 Å². The smallest absolute Gasteiger partial charge is 0.238 e. The van der Waals surface area contributed by atoms with Crippen molar-refractivity contribution in [1.82, 2.24) is 9.97 Å². The van der Waals surface area contributed by atoms with Gasteiger partial charge in [-0.3, -0.25) is 4.21 Å². The molecule has 30 heavy (non-hydrogen) atoms. The Kier molecular flexibility index (Phi) is 5.33. The van der Waals surface area contributed by atoms with E-state index in [0.717, 1.165) is 50.2 Å². The highest BCUT2D eigenvalue weighted by Gasteiger charge is 2.39. The van der Waals surface area contributed by atoms with Crippen LogP contribution < -0.4 is 15.0 Å².